The lowest BCUT2D eigenvalue weighted by molar-refractivity contribution is 0.352. The molecule has 0 bridgehead atoms. The van der Waals surface area contributed by atoms with Gasteiger partial charge in [-0.1, -0.05) is 26.2 Å². The summed E-state index contributed by atoms with van der Waals surface area (Å²) in [7, 11) is 3.40. The van der Waals surface area contributed by atoms with E-state index in [4.69, 9.17) is 9.47 Å². The van der Waals surface area contributed by atoms with Crippen LogP contribution in [-0.2, 0) is 12.8 Å². The van der Waals surface area contributed by atoms with Crippen molar-refractivity contribution in [2.45, 2.75) is 63.8 Å². The van der Waals surface area contributed by atoms with Gasteiger partial charge in [0.1, 0.15) is 0 Å². The lowest BCUT2D eigenvalue weighted by atomic mass is 9.78. The zero-order valence-corrected chi connectivity index (χ0v) is 17.6. The molecule has 2 atom stereocenters. The van der Waals surface area contributed by atoms with Gasteiger partial charge in [-0.3, -0.25) is 4.99 Å². The molecule has 0 unspecified atom stereocenters. The van der Waals surface area contributed by atoms with Gasteiger partial charge in [-0.25, -0.2) is 0 Å². The van der Waals surface area contributed by atoms with Crippen LogP contribution in [-0.4, -0.2) is 27.0 Å². The van der Waals surface area contributed by atoms with Crippen molar-refractivity contribution in [1.29, 1.82) is 0 Å². The van der Waals surface area contributed by atoms with Crippen LogP contribution in [0.3, 0.4) is 0 Å². The van der Waals surface area contributed by atoms with E-state index in [1.54, 1.807) is 14.2 Å². The number of nitrogens with zero attached hydrogens (tertiary/aromatic N) is 1. The SMILES string of the molecule is C=N[C@H]1CCc2cc(OC)c(OC)cc2[C@@H]1c1ccc(CCCCCC)s1. The van der Waals surface area contributed by atoms with E-state index in [1.165, 1.54) is 53.0 Å². The molecule has 0 radical (unpaired) electrons. The summed E-state index contributed by atoms with van der Waals surface area (Å²) in [5, 5.41) is 0. The summed E-state index contributed by atoms with van der Waals surface area (Å²) in [6.07, 6.45) is 8.44. The van der Waals surface area contributed by atoms with Crippen molar-refractivity contribution < 1.29 is 9.47 Å². The normalized spacial score (nSPS) is 18.8. The van der Waals surface area contributed by atoms with Crippen molar-refractivity contribution in [2.75, 3.05) is 14.2 Å². The van der Waals surface area contributed by atoms with Crippen molar-refractivity contribution in [1.82, 2.24) is 0 Å². The fraction of sp³-hybridized carbons (Fsp3) is 0.522. The van der Waals surface area contributed by atoms with Crippen LogP contribution in [0.25, 0.3) is 0 Å². The van der Waals surface area contributed by atoms with Crippen LogP contribution in [0, 0.1) is 0 Å². The van der Waals surface area contributed by atoms with Crippen molar-refractivity contribution in [3.05, 3.63) is 45.1 Å². The maximum Gasteiger partial charge on any atom is 0.161 e. The average Bonchev–Trinajstić information content (AvgIpc) is 3.17. The smallest absolute Gasteiger partial charge is 0.161 e. The maximum atomic E-state index is 5.57. The Bertz CT molecular complexity index is 768. The Hall–Kier alpha value is -1.81. The fourth-order valence-corrected chi connectivity index (χ4v) is 5.31. The van der Waals surface area contributed by atoms with E-state index >= 15 is 0 Å². The highest BCUT2D eigenvalue weighted by atomic mass is 32.1. The molecule has 27 heavy (non-hydrogen) atoms. The molecule has 1 aliphatic carbocycles. The lowest BCUT2D eigenvalue weighted by Crippen LogP contribution is -2.24. The molecule has 0 saturated carbocycles. The third-order valence-electron chi connectivity index (χ3n) is 5.57. The highest BCUT2D eigenvalue weighted by Crippen LogP contribution is 2.45. The van der Waals surface area contributed by atoms with Gasteiger partial charge < -0.3 is 9.47 Å². The van der Waals surface area contributed by atoms with Gasteiger partial charge >= 0.3 is 0 Å². The predicted octanol–water partition coefficient (Wildman–Crippen LogP) is 6.04. The quantitative estimate of drug-likeness (QED) is 0.389. The molecular weight excluding hydrogens is 354 g/mol. The van der Waals surface area contributed by atoms with Crippen molar-refractivity contribution in [3.63, 3.8) is 0 Å². The molecule has 1 aromatic heterocycles. The van der Waals surface area contributed by atoms with Gasteiger partial charge in [-0.15, -0.1) is 11.3 Å². The molecule has 2 aromatic rings. The molecule has 3 nitrogen and oxygen atoms in total. The van der Waals surface area contributed by atoms with Crippen LogP contribution < -0.4 is 9.47 Å². The molecule has 0 fully saturated rings. The number of rotatable bonds is 9. The number of benzene rings is 1. The van der Waals surface area contributed by atoms with E-state index in [9.17, 15) is 0 Å². The Morgan fingerprint density at radius 3 is 2.59 bits per heavy atom. The molecule has 1 aliphatic rings. The number of hydrogen-bond donors (Lipinski definition) is 0. The second-order valence-electron chi connectivity index (χ2n) is 7.29. The summed E-state index contributed by atoms with van der Waals surface area (Å²) in [5.74, 6) is 1.87. The first kappa shape index (κ1) is 19.9. The Morgan fingerprint density at radius 1 is 1.11 bits per heavy atom. The van der Waals surface area contributed by atoms with E-state index < -0.39 is 0 Å². The number of methoxy groups -OCH3 is 2. The van der Waals surface area contributed by atoms with Gasteiger partial charge in [0.05, 0.1) is 20.3 Å². The number of unbranched alkanes of at least 4 members (excludes halogenated alkanes) is 3. The molecule has 4 heteroatoms. The number of aryl methyl sites for hydroxylation is 2. The largest absolute Gasteiger partial charge is 0.493 e. The first-order chi connectivity index (χ1) is 13.2. The van der Waals surface area contributed by atoms with Crippen LogP contribution >= 0.6 is 11.3 Å². The summed E-state index contributed by atoms with van der Waals surface area (Å²) in [6.45, 7) is 6.14. The zero-order chi connectivity index (χ0) is 19.2. The molecule has 0 amide bonds. The molecule has 0 aliphatic heterocycles. The van der Waals surface area contributed by atoms with E-state index in [1.807, 2.05) is 11.3 Å². The number of fused-ring (bicyclic) bond motifs is 1. The third-order valence-corrected chi connectivity index (χ3v) is 6.80. The second-order valence-corrected chi connectivity index (χ2v) is 8.49. The lowest BCUT2D eigenvalue weighted by Gasteiger charge is -2.31. The molecule has 0 spiro atoms. The van der Waals surface area contributed by atoms with Crippen LogP contribution in [0.15, 0.2) is 29.3 Å². The van der Waals surface area contributed by atoms with Gasteiger partial charge in [0.15, 0.2) is 11.5 Å². The average molecular weight is 386 g/mol. The van der Waals surface area contributed by atoms with Crippen LogP contribution in [0.4, 0.5) is 0 Å². The molecule has 3 rings (SSSR count). The highest BCUT2D eigenvalue weighted by molar-refractivity contribution is 7.12. The van der Waals surface area contributed by atoms with E-state index in [0.29, 0.717) is 0 Å². The van der Waals surface area contributed by atoms with E-state index in [0.717, 1.165) is 24.3 Å². The first-order valence-corrected chi connectivity index (χ1v) is 10.8. The topological polar surface area (TPSA) is 30.8 Å². The molecule has 146 valence electrons. The summed E-state index contributed by atoms with van der Waals surface area (Å²) in [5.41, 5.74) is 2.66. The van der Waals surface area contributed by atoms with Gasteiger partial charge in [0, 0.05) is 15.7 Å². The Morgan fingerprint density at radius 2 is 1.89 bits per heavy atom. The summed E-state index contributed by atoms with van der Waals surface area (Å²) in [6, 6.07) is 9.12. The van der Waals surface area contributed by atoms with Crippen LogP contribution in [0.2, 0.25) is 0 Å². The predicted molar refractivity (Wildman–Crippen MR) is 115 cm³/mol. The fourth-order valence-electron chi connectivity index (χ4n) is 4.08. The molecule has 1 aromatic carbocycles. The van der Waals surface area contributed by atoms with E-state index in [-0.39, 0.29) is 12.0 Å². The van der Waals surface area contributed by atoms with Gasteiger partial charge in [0.2, 0.25) is 0 Å². The maximum absolute atomic E-state index is 5.57. The standard InChI is InChI=1S/C23H31NO2S/c1-5-6-7-8-9-17-11-13-22(27-17)23-18-15-21(26-4)20(25-3)14-16(18)10-12-19(23)24-2/h11,13-15,19,23H,2,5-10,12H2,1,3-4H3/t19-,23-/m0/s1. The first-order valence-electron chi connectivity index (χ1n) is 10.0. The number of ether oxygens (including phenoxy) is 2. The molecule has 0 N–H and O–H groups in total. The van der Waals surface area contributed by atoms with Crippen molar-refractivity contribution in [2.24, 2.45) is 4.99 Å². The molecule has 1 heterocycles. The minimum absolute atomic E-state index is 0.224. The summed E-state index contributed by atoms with van der Waals surface area (Å²) >= 11 is 1.94. The van der Waals surface area contributed by atoms with Crippen LogP contribution in [0.5, 0.6) is 11.5 Å². The third kappa shape index (κ3) is 4.37. The van der Waals surface area contributed by atoms with E-state index in [2.05, 4.69) is 42.9 Å². The Kier molecular flexibility index (Phi) is 6.95. The minimum Gasteiger partial charge on any atom is -0.493 e. The monoisotopic (exact) mass is 385 g/mol. The Balaban J connectivity index is 1.90. The minimum atomic E-state index is 0.224. The Labute approximate surface area is 167 Å². The molecular formula is C23H31NO2S. The van der Waals surface area contributed by atoms with Crippen LogP contribution in [0.1, 0.15) is 65.8 Å². The summed E-state index contributed by atoms with van der Waals surface area (Å²) in [4.78, 5) is 7.36. The van der Waals surface area contributed by atoms with Crippen molar-refractivity contribution >= 4 is 18.1 Å². The number of thiophene rings is 1. The second kappa shape index (κ2) is 9.41. The van der Waals surface area contributed by atoms with Crippen molar-refractivity contribution in [3.8, 4) is 11.5 Å². The van der Waals surface area contributed by atoms with Gasteiger partial charge in [0.25, 0.3) is 0 Å². The number of hydrogen-bond acceptors (Lipinski definition) is 4. The zero-order valence-electron chi connectivity index (χ0n) is 16.8. The van der Waals surface area contributed by atoms with Gasteiger partial charge in [-0.2, -0.15) is 0 Å². The number of aliphatic imine (C=N–C) groups is 1. The highest BCUT2D eigenvalue weighted by Gasteiger charge is 2.32. The molecule has 0 saturated heterocycles. The summed E-state index contributed by atoms with van der Waals surface area (Å²) < 4.78 is 11.1. The van der Waals surface area contributed by atoms with Gasteiger partial charge in [-0.05, 0) is 67.8 Å².